The molecule has 8 heteroatoms. The second-order valence-electron chi connectivity index (χ2n) is 6.09. The zero-order valence-corrected chi connectivity index (χ0v) is 16.0. The van der Waals surface area contributed by atoms with E-state index in [1.165, 1.54) is 11.8 Å². The highest BCUT2D eigenvalue weighted by Gasteiger charge is 2.08. The number of rotatable bonds is 7. The van der Waals surface area contributed by atoms with Crippen LogP contribution < -0.4 is 16.0 Å². The maximum Gasteiger partial charge on any atom is 0.251 e. The molecule has 0 radical (unpaired) electrons. The highest BCUT2D eigenvalue weighted by Crippen LogP contribution is 2.27. The summed E-state index contributed by atoms with van der Waals surface area (Å²) in [5, 5.41) is 9.76. The van der Waals surface area contributed by atoms with Gasteiger partial charge in [0.05, 0.1) is 5.39 Å². The van der Waals surface area contributed by atoms with E-state index in [1.54, 1.807) is 29.8 Å². The molecule has 0 spiro atoms. The summed E-state index contributed by atoms with van der Waals surface area (Å²) in [6.07, 6.45) is 1.56. The van der Waals surface area contributed by atoms with Crippen molar-refractivity contribution in [3.63, 3.8) is 0 Å². The average molecular weight is 383 g/mol. The number of nitrogens with one attached hydrogen (secondary N) is 3. The van der Waals surface area contributed by atoms with Crippen molar-refractivity contribution >= 4 is 39.2 Å². The van der Waals surface area contributed by atoms with Crippen molar-refractivity contribution in [2.75, 3.05) is 18.4 Å². The number of carbonyl (C=O) groups is 2. The van der Waals surface area contributed by atoms with Crippen molar-refractivity contribution in [3.05, 3.63) is 52.7 Å². The lowest BCUT2D eigenvalue weighted by molar-refractivity contribution is -0.118. The molecule has 140 valence electrons. The quantitative estimate of drug-likeness (QED) is 0.545. The summed E-state index contributed by atoms with van der Waals surface area (Å²) >= 11 is 1.64. The van der Waals surface area contributed by atoms with Crippen molar-refractivity contribution in [2.24, 2.45) is 0 Å². The first kappa shape index (κ1) is 18.8. The third kappa shape index (κ3) is 5.01. The minimum Gasteiger partial charge on any atom is -0.365 e. The third-order valence-electron chi connectivity index (χ3n) is 3.91. The van der Waals surface area contributed by atoms with Gasteiger partial charge in [-0.2, -0.15) is 0 Å². The lowest BCUT2D eigenvalue weighted by atomic mass is 10.1. The van der Waals surface area contributed by atoms with Crippen LogP contribution in [0.3, 0.4) is 0 Å². The molecule has 0 saturated carbocycles. The number of anilines is 1. The molecule has 0 aliphatic heterocycles. The molecule has 2 amide bonds. The SMILES string of the molecule is CC(=O)NCCNC(=O)c1ccc(CNc2ncnc3sc(C)cc23)cc1. The van der Waals surface area contributed by atoms with Crippen LogP contribution in [0, 0.1) is 6.92 Å². The first-order valence-electron chi connectivity index (χ1n) is 8.59. The fraction of sp³-hybridized carbons (Fsp3) is 0.263. The molecule has 2 aromatic heterocycles. The molecule has 3 aromatic rings. The van der Waals surface area contributed by atoms with Crippen LogP contribution in [0.5, 0.6) is 0 Å². The van der Waals surface area contributed by atoms with Crippen LogP contribution in [0.1, 0.15) is 27.7 Å². The van der Waals surface area contributed by atoms with Crippen molar-refractivity contribution in [3.8, 4) is 0 Å². The van der Waals surface area contributed by atoms with Crippen LogP contribution in [0.25, 0.3) is 10.2 Å². The summed E-state index contributed by atoms with van der Waals surface area (Å²) in [5.41, 5.74) is 1.63. The minimum atomic E-state index is -0.161. The van der Waals surface area contributed by atoms with E-state index >= 15 is 0 Å². The van der Waals surface area contributed by atoms with Crippen molar-refractivity contribution in [2.45, 2.75) is 20.4 Å². The predicted molar refractivity (Wildman–Crippen MR) is 107 cm³/mol. The Balaban J connectivity index is 1.56. The Morgan fingerprint density at radius 2 is 1.81 bits per heavy atom. The summed E-state index contributed by atoms with van der Waals surface area (Å²) in [5.74, 6) is 0.537. The lowest BCUT2D eigenvalue weighted by Gasteiger charge is -2.08. The van der Waals surface area contributed by atoms with Gasteiger partial charge in [-0.1, -0.05) is 12.1 Å². The summed E-state index contributed by atoms with van der Waals surface area (Å²) < 4.78 is 0. The van der Waals surface area contributed by atoms with Gasteiger partial charge in [0.15, 0.2) is 0 Å². The Hall–Kier alpha value is -3.00. The number of thiophene rings is 1. The monoisotopic (exact) mass is 383 g/mol. The van der Waals surface area contributed by atoms with Gasteiger partial charge in [0.25, 0.3) is 5.91 Å². The summed E-state index contributed by atoms with van der Waals surface area (Å²) in [6.45, 7) is 4.91. The standard InChI is InChI=1S/C19H21N5O2S/c1-12-9-16-17(23-11-24-19(16)27-12)22-10-14-3-5-15(6-4-14)18(26)21-8-7-20-13(2)25/h3-6,9,11H,7-8,10H2,1-2H3,(H,20,25)(H,21,26)(H,22,23,24). The second-order valence-corrected chi connectivity index (χ2v) is 7.32. The molecule has 3 rings (SSSR count). The summed E-state index contributed by atoms with van der Waals surface area (Å²) in [6, 6.07) is 9.47. The average Bonchev–Trinajstić information content (AvgIpc) is 3.04. The number of hydrogen-bond donors (Lipinski definition) is 3. The van der Waals surface area contributed by atoms with Gasteiger partial charge in [-0.05, 0) is 30.7 Å². The van der Waals surface area contributed by atoms with Gasteiger partial charge in [-0.15, -0.1) is 11.3 Å². The Kier molecular flexibility index (Phi) is 5.97. The maximum atomic E-state index is 12.1. The summed E-state index contributed by atoms with van der Waals surface area (Å²) in [4.78, 5) is 33.6. The van der Waals surface area contributed by atoms with Gasteiger partial charge >= 0.3 is 0 Å². The topological polar surface area (TPSA) is 96.0 Å². The normalized spacial score (nSPS) is 10.6. The molecule has 3 N–H and O–H groups in total. The maximum absolute atomic E-state index is 12.1. The number of hydrogen-bond acceptors (Lipinski definition) is 6. The molecule has 27 heavy (non-hydrogen) atoms. The third-order valence-corrected chi connectivity index (χ3v) is 4.87. The van der Waals surface area contributed by atoms with Crippen LogP contribution in [-0.2, 0) is 11.3 Å². The number of amides is 2. The van der Waals surface area contributed by atoms with Crippen molar-refractivity contribution in [1.29, 1.82) is 0 Å². The molecule has 0 unspecified atom stereocenters. The van der Waals surface area contributed by atoms with Gasteiger partial charge in [-0.3, -0.25) is 9.59 Å². The van der Waals surface area contributed by atoms with Gasteiger partial charge < -0.3 is 16.0 Å². The molecule has 0 atom stereocenters. The van der Waals surface area contributed by atoms with Crippen LogP contribution >= 0.6 is 11.3 Å². The largest absolute Gasteiger partial charge is 0.365 e. The number of carbonyl (C=O) groups excluding carboxylic acids is 2. The van der Waals surface area contributed by atoms with E-state index in [4.69, 9.17) is 0 Å². The molecule has 7 nitrogen and oxygen atoms in total. The van der Waals surface area contributed by atoms with Crippen LogP contribution in [0.2, 0.25) is 0 Å². The molecule has 0 fully saturated rings. The van der Waals surface area contributed by atoms with E-state index in [9.17, 15) is 9.59 Å². The second kappa shape index (κ2) is 8.59. The first-order valence-corrected chi connectivity index (χ1v) is 9.41. The van der Waals surface area contributed by atoms with E-state index in [-0.39, 0.29) is 11.8 Å². The van der Waals surface area contributed by atoms with E-state index in [2.05, 4.69) is 38.9 Å². The minimum absolute atomic E-state index is 0.111. The number of aryl methyl sites for hydroxylation is 1. The Bertz CT molecular complexity index is 952. The molecule has 0 aliphatic carbocycles. The number of fused-ring (bicyclic) bond motifs is 1. The molecule has 0 bridgehead atoms. The molecule has 0 aliphatic rings. The van der Waals surface area contributed by atoms with Crippen molar-refractivity contribution < 1.29 is 9.59 Å². The van der Waals surface area contributed by atoms with Crippen LogP contribution in [0.4, 0.5) is 5.82 Å². The van der Waals surface area contributed by atoms with Crippen LogP contribution in [-0.4, -0.2) is 34.9 Å². The number of nitrogens with zero attached hydrogens (tertiary/aromatic N) is 2. The van der Waals surface area contributed by atoms with E-state index in [1.807, 2.05) is 12.1 Å². The van der Waals surface area contributed by atoms with Gasteiger partial charge in [-0.25, -0.2) is 9.97 Å². The molecular weight excluding hydrogens is 362 g/mol. The fourth-order valence-corrected chi connectivity index (χ4v) is 3.44. The van der Waals surface area contributed by atoms with E-state index in [0.717, 1.165) is 21.6 Å². The van der Waals surface area contributed by atoms with Gasteiger partial charge in [0.2, 0.25) is 5.91 Å². The molecular formula is C19H21N5O2S. The molecule has 2 heterocycles. The zero-order chi connectivity index (χ0) is 19.2. The van der Waals surface area contributed by atoms with E-state index in [0.29, 0.717) is 25.2 Å². The first-order chi connectivity index (χ1) is 13.0. The molecule has 0 saturated heterocycles. The van der Waals surface area contributed by atoms with Gasteiger partial charge in [0.1, 0.15) is 17.0 Å². The summed E-state index contributed by atoms with van der Waals surface area (Å²) in [7, 11) is 0. The predicted octanol–water partition coefficient (Wildman–Crippen LogP) is 2.48. The number of aromatic nitrogens is 2. The van der Waals surface area contributed by atoms with Gasteiger partial charge in [0, 0.05) is 37.0 Å². The molecule has 1 aromatic carbocycles. The zero-order valence-electron chi connectivity index (χ0n) is 15.2. The Morgan fingerprint density at radius 1 is 1.07 bits per heavy atom. The fourth-order valence-electron chi connectivity index (χ4n) is 2.59. The van der Waals surface area contributed by atoms with E-state index < -0.39 is 0 Å². The smallest absolute Gasteiger partial charge is 0.251 e. The highest BCUT2D eigenvalue weighted by atomic mass is 32.1. The Labute approximate surface area is 161 Å². The van der Waals surface area contributed by atoms with Crippen molar-refractivity contribution in [1.82, 2.24) is 20.6 Å². The van der Waals surface area contributed by atoms with Crippen LogP contribution in [0.15, 0.2) is 36.7 Å². The highest BCUT2D eigenvalue weighted by molar-refractivity contribution is 7.18. The number of benzene rings is 1. The Morgan fingerprint density at radius 3 is 2.56 bits per heavy atom. The lowest BCUT2D eigenvalue weighted by Crippen LogP contribution is -2.33.